The number of benzene rings is 2. The fraction of sp³-hybridized carbons (Fsp3) is 0.200. The van der Waals surface area contributed by atoms with Crippen LogP contribution in [0.4, 0.5) is 0 Å². The molecule has 2 N–H and O–H groups in total. The van der Waals surface area contributed by atoms with Crippen LogP contribution in [0.15, 0.2) is 45.3 Å². The summed E-state index contributed by atoms with van der Waals surface area (Å²) in [5.74, 6) is 0. The molecule has 0 saturated heterocycles. The lowest BCUT2D eigenvalue weighted by molar-refractivity contribution is 0.718. The normalized spacial score (nSPS) is 12.5. The molecule has 0 amide bonds. The van der Waals surface area contributed by atoms with Gasteiger partial charge < -0.3 is 5.73 Å². The summed E-state index contributed by atoms with van der Waals surface area (Å²) in [6.45, 7) is 2.03. The van der Waals surface area contributed by atoms with Crippen LogP contribution in [0.1, 0.15) is 22.7 Å². The van der Waals surface area contributed by atoms with E-state index in [4.69, 9.17) is 17.3 Å². The minimum atomic E-state index is -0.0809. The van der Waals surface area contributed by atoms with Crippen molar-refractivity contribution in [2.24, 2.45) is 5.73 Å². The molecule has 0 aromatic heterocycles. The summed E-state index contributed by atoms with van der Waals surface area (Å²) >= 11 is 13.2. The maximum Gasteiger partial charge on any atom is 0.0441 e. The Labute approximate surface area is 135 Å². The maximum atomic E-state index is 6.28. The number of nitrogens with two attached hydrogens (primary N) is 1. The van der Waals surface area contributed by atoms with Crippen LogP contribution < -0.4 is 5.73 Å². The molecule has 0 aliphatic rings. The van der Waals surface area contributed by atoms with Gasteiger partial charge in [0.2, 0.25) is 0 Å². The molecule has 0 aliphatic heterocycles. The van der Waals surface area contributed by atoms with E-state index >= 15 is 0 Å². The highest BCUT2D eigenvalue weighted by atomic mass is 79.9. The second kappa shape index (κ2) is 6.40. The average Bonchev–Trinajstić information content (AvgIpc) is 2.32. The highest BCUT2D eigenvalue weighted by Gasteiger charge is 2.12. The maximum absolute atomic E-state index is 6.28. The lowest BCUT2D eigenvalue weighted by atomic mass is 9.99. The molecule has 0 bridgehead atoms. The van der Waals surface area contributed by atoms with E-state index in [1.54, 1.807) is 0 Å². The molecule has 1 atom stereocenters. The minimum Gasteiger partial charge on any atom is -0.324 e. The molecule has 1 nitrogen and oxygen atoms in total. The standard InChI is InChI=1S/C15H14Br2ClN/c1-9-2-3-10(14(18)6-9)7-15(19)12-5-4-11(16)8-13(12)17/h2-6,8,15H,7,19H2,1H3. The monoisotopic (exact) mass is 401 g/mol. The Hall–Kier alpha value is -0.350. The van der Waals surface area contributed by atoms with Gasteiger partial charge in [-0.15, -0.1) is 0 Å². The second-order valence-corrected chi connectivity index (χ2v) is 6.75. The predicted octanol–water partition coefficient (Wildman–Crippen LogP) is 5.42. The molecule has 19 heavy (non-hydrogen) atoms. The lowest BCUT2D eigenvalue weighted by Gasteiger charge is -2.15. The molecule has 0 spiro atoms. The summed E-state index contributed by atoms with van der Waals surface area (Å²) in [7, 11) is 0. The van der Waals surface area contributed by atoms with Crippen LogP contribution in [0.25, 0.3) is 0 Å². The Morgan fingerprint density at radius 1 is 1.16 bits per heavy atom. The number of hydrogen-bond acceptors (Lipinski definition) is 1. The van der Waals surface area contributed by atoms with Gasteiger partial charge in [-0.1, -0.05) is 61.7 Å². The minimum absolute atomic E-state index is 0.0809. The van der Waals surface area contributed by atoms with Crippen molar-refractivity contribution in [3.8, 4) is 0 Å². The van der Waals surface area contributed by atoms with Crippen LogP contribution >= 0.6 is 43.5 Å². The van der Waals surface area contributed by atoms with Crippen molar-refractivity contribution >= 4 is 43.5 Å². The van der Waals surface area contributed by atoms with E-state index in [1.165, 1.54) is 0 Å². The van der Waals surface area contributed by atoms with Crippen molar-refractivity contribution in [1.29, 1.82) is 0 Å². The molecule has 0 heterocycles. The first-order valence-electron chi connectivity index (χ1n) is 5.93. The van der Waals surface area contributed by atoms with Crippen LogP contribution in [0, 0.1) is 6.92 Å². The predicted molar refractivity (Wildman–Crippen MR) is 88.7 cm³/mol. The molecule has 2 rings (SSSR count). The van der Waals surface area contributed by atoms with Crippen LogP contribution in [0.2, 0.25) is 5.02 Å². The highest BCUT2D eigenvalue weighted by Crippen LogP contribution is 2.29. The van der Waals surface area contributed by atoms with E-state index in [2.05, 4.69) is 37.9 Å². The molecule has 4 heteroatoms. The number of hydrogen-bond donors (Lipinski definition) is 1. The first-order chi connectivity index (χ1) is 8.97. The van der Waals surface area contributed by atoms with Gasteiger partial charge in [0.15, 0.2) is 0 Å². The number of aryl methyl sites for hydroxylation is 1. The summed E-state index contributed by atoms with van der Waals surface area (Å²) in [6, 6.07) is 12.0. The average molecular weight is 404 g/mol. The van der Waals surface area contributed by atoms with Gasteiger partial charge in [0.25, 0.3) is 0 Å². The topological polar surface area (TPSA) is 26.0 Å². The molecule has 0 aliphatic carbocycles. The Kier molecular flexibility index (Phi) is 5.07. The second-order valence-electron chi connectivity index (χ2n) is 4.57. The van der Waals surface area contributed by atoms with Gasteiger partial charge in [-0.3, -0.25) is 0 Å². The molecule has 0 saturated carbocycles. The molecule has 1 unspecified atom stereocenters. The van der Waals surface area contributed by atoms with Crippen molar-refractivity contribution in [2.45, 2.75) is 19.4 Å². The summed E-state index contributed by atoms with van der Waals surface area (Å²) in [6.07, 6.45) is 0.722. The first kappa shape index (κ1) is 15.0. The lowest BCUT2D eigenvalue weighted by Crippen LogP contribution is -2.14. The van der Waals surface area contributed by atoms with Gasteiger partial charge in [-0.2, -0.15) is 0 Å². The Morgan fingerprint density at radius 3 is 2.53 bits per heavy atom. The highest BCUT2D eigenvalue weighted by molar-refractivity contribution is 9.11. The number of rotatable bonds is 3. The Bertz CT molecular complexity index is 599. The van der Waals surface area contributed by atoms with Crippen LogP contribution in [0.5, 0.6) is 0 Å². The third-order valence-electron chi connectivity index (χ3n) is 3.01. The zero-order valence-electron chi connectivity index (χ0n) is 10.5. The first-order valence-corrected chi connectivity index (χ1v) is 7.89. The fourth-order valence-electron chi connectivity index (χ4n) is 1.97. The van der Waals surface area contributed by atoms with Crippen LogP contribution in [0.3, 0.4) is 0 Å². The third-order valence-corrected chi connectivity index (χ3v) is 4.54. The van der Waals surface area contributed by atoms with E-state index in [0.29, 0.717) is 0 Å². The van der Waals surface area contributed by atoms with Crippen LogP contribution in [-0.4, -0.2) is 0 Å². The molecule has 2 aromatic carbocycles. The van der Waals surface area contributed by atoms with Gasteiger partial charge >= 0.3 is 0 Å². The quantitative estimate of drug-likeness (QED) is 0.728. The fourth-order valence-corrected chi connectivity index (χ4v) is 3.62. The molecule has 0 radical (unpaired) electrons. The summed E-state index contributed by atoms with van der Waals surface area (Å²) < 4.78 is 2.04. The van der Waals surface area contributed by atoms with E-state index in [-0.39, 0.29) is 6.04 Å². The van der Waals surface area contributed by atoms with Gasteiger partial charge in [-0.25, -0.2) is 0 Å². The molecular weight excluding hydrogens is 389 g/mol. The van der Waals surface area contributed by atoms with Crippen molar-refractivity contribution in [2.75, 3.05) is 0 Å². The molecule has 0 fully saturated rings. The zero-order chi connectivity index (χ0) is 14.0. The smallest absolute Gasteiger partial charge is 0.0441 e. The van der Waals surface area contributed by atoms with E-state index in [1.807, 2.05) is 37.3 Å². The Morgan fingerprint density at radius 2 is 1.89 bits per heavy atom. The van der Waals surface area contributed by atoms with E-state index in [0.717, 1.165) is 37.1 Å². The Balaban J connectivity index is 2.23. The van der Waals surface area contributed by atoms with Crippen molar-refractivity contribution < 1.29 is 0 Å². The largest absolute Gasteiger partial charge is 0.324 e. The summed E-state index contributed by atoms with van der Waals surface area (Å²) in [5, 5.41) is 0.781. The van der Waals surface area contributed by atoms with E-state index in [9.17, 15) is 0 Å². The van der Waals surface area contributed by atoms with Gasteiger partial charge in [0.1, 0.15) is 0 Å². The third kappa shape index (κ3) is 3.82. The van der Waals surface area contributed by atoms with Gasteiger partial charge in [-0.05, 0) is 48.2 Å². The summed E-state index contributed by atoms with van der Waals surface area (Å²) in [4.78, 5) is 0. The van der Waals surface area contributed by atoms with Gasteiger partial charge in [0.05, 0.1) is 0 Å². The van der Waals surface area contributed by atoms with Gasteiger partial charge in [0, 0.05) is 20.0 Å². The molecule has 2 aromatic rings. The van der Waals surface area contributed by atoms with Crippen LogP contribution in [-0.2, 0) is 6.42 Å². The van der Waals surface area contributed by atoms with Crippen molar-refractivity contribution in [3.63, 3.8) is 0 Å². The van der Waals surface area contributed by atoms with Crippen molar-refractivity contribution in [1.82, 2.24) is 0 Å². The van der Waals surface area contributed by atoms with Crippen molar-refractivity contribution in [3.05, 3.63) is 67.1 Å². The summed E-state index contributed by atoms with van der Waals surface area (Å²) in [5.41, 5.74) is 9.60. The molecule has 100 valence electrons. The SMILES string of the molecule is Cc1ccc(CC(N)c2ccc(Br)cc2Br)c(Cl)c1. The zero-order valence-corrected chi connectivity index (χ0v) is 14.4. The number of halogens is 3. The van der Waals surface area contributed by atoms with E-state index < -0.39 is 0 Å². The molecular formula is C15H14Br2ClN.